The molecule has 1 aromatic carbocycles. The van der Waals surface area contributed by atoms with Gasteiger partial charge in [-0.05, 0) is 49.3 Å². The van der Waals surface area contributed by atoms with Crippen molar-refractivity contribution in [3.8, 4) is 0 Å². The maximum Gasteiger partial charge on any atom is 0.315 e. The van der Waals surface area contributed by atoms with Gasteiger partial charge < -0.3 is 15.5 Å². The molecule has 1 aliphatic carbocycles. The summed E-state index contributed by atoms with van der Waals surface area (Å²) in [4.78, 5) is 14.8. The van der Waals surface area contributed by atoms with Crippen LogP contribution in [0.3, 0.4) is 0 Å². The van der Waals surface area contributed by atoms with Gasteiger partial charge in [-0.15, -0.1) is 0 Å². The minimum Gasteiger partial charge on any atom is -0.371 e. The first-order valence-corrected chi connectivity index (χ1v) is 9.68. The molecule has 26 heavy (non-hydrogen) atoms. The van der Waals surface area contributed by atoms with Crippen LogP contribution >= 0.6 is 0 Å². The van der Waals surface area contributed by atoms with Gasteiger partial charge in [0.15, 0.2) is 0 Å². The van der Waals surface area contributed by atoms with Crippen LogP contribution in [0.25, 0.3) is 0 Å². The van der Waals surface area contributed by atoms with E-state index in [1.54, 1.807) is 0 Å². The van der Waals surface area contributed by atoms with E-state index in [-0.39, 0.29) is 12.1 Å². The molecule has 0 radical (unpaired) electrons. The van der Waals surface area contributed by atoms with Crippen molar-refractivity contribution in [3.63, 3.8) is 0 Å². The highest BCUT2D eigenvalue weighted by Crippen LogP contribution is 2.24. The zero-order valence-corrected chi connectivity index (χ0v) is 15.1. The molecule has 1 aromatic heterocycles. The van der Waals surface area contributed by atoms with Crippen molar-refractivity contribution < 1.29 is 4.79 Å². The third kappa shape index (κ3) is 3.84. The summed E-state index contributed by atoms with van der Waals surface area (Å²) < 4.78 is 0. The standard InChI is InChI=1S/C20H27N5O/c26-20(23-17-9-8-15-14-22-24-18(15)12-17)21-13-16-6-2-3-7-19(16)25-10-4-1-5-11-25/h2-3,6-7,14,17H,1,4-5,8-13H2,(H,22,24)(H2,21,23,26). The van der Waals surface area contributed by atoms with Crippen molar-refractivity contribution in [2.45, 2.75) is 51.1 Å². The molecule has 138 valence electrons. The molecule has 2 amide bonds. The topological polar surface area (TPSA) is 73.1 Å². The first-order chi connectivity index (χ1) is 12.8. The summed E-state index contributed by atoms with van der Waals surface area (Å²) in [5.41, 5.74) is 4.87. The molecule has 0 saturated carbocycles. The van der Waals surface area contributed by atoms with Gasteiger partial charge in [-0.3, -0.25) is 5.10 Å². The molecule has 1 fully saturated rings. The summed E-state index contributed by atoms with van der Waals surface area (Å²) in [7, 11) is 0. The lowest BCUT2D eigenvalue weighted by molar-refractivity contribution is 0.235. The zero-order chi connectivity index (χ0) is 17.8. The lowest BCUT2D eigenvalue weighted by Gasteiger charge is -2.30. The third-order valence-corrected chi connectivity index (χ3v) is 5.48. The number of anilines is 1. The number of urea groups is 1. The Hall–Kier alpha value is -2.50. The molecule has 0 bridgehead atoms. The van der Waals surface area contributed by atoms with Gasteiger partial charge in [-0.25, -0.2) is 4.79 Å². The number of rotatable bonds is 4. The molecule has 4 rings (SSSR count). The number of carbonyl (C=O) groups is 1. The Morgan fingerprint density at radius 3 is 2.96 bits per heavy atom. The van der Waals surface area contributed by atoms with Gasteiger partial charge >= 0.3 is 6.03 Å². The van der Waals surface area contributed by atoms with Crippen molar-refractivity contribution in [1.82, 2.24) is 20.8 Å². The summed E-state index contributed by atoms with van der Waals surface area (Å²) in [6.07, 6.45) is 8.47. The fourth-order valence-electron chi connectivity index (χ4n) is 4.05. The number of benzene rings is 1. The highest BCUT2D eigenvalue weighted by Gasteiger charge is 2.21. The summed E-state index contributed by atoms with van der Waals surface area (Å²) in [5, 5.41) is 13.3. The lowest BCUT2D eigenvalue weighted by atomic mass is 9.94. The average Bonchev–Trinajstić information content (AvgIpc) is 3.15. The number of nitrogens with one attached hydrogen (secondary N) is 3. The molecule has 0 spiro atoms. The van der Waals surface area contributed by atoms with Gasteiger partial charge in [0.2, 0.25) is 0 Å². The van der Waals surface area contributed by atoms with E-state index >= 15 is 0 Å². The Bertz CT molecular complexity index is 750. The van der Waals surface area contributed by atoms with Crippen LogP contribution in [-0.4, -0.2) is 35.4 Å². The van der Waals surface area contributed by atoms with Gasteiger partial charge in [0.1, 0.15) is 0 Å². The predicted octanol–water partition coefficient (Wildman–Crippen LogP) is 2.76. The number of para-hydroxylation sites is 1. The number of amides is 2. The molecular formula is C20H27N5O. The number of aromatic amines is 1. The van der Waals surface area contributed by atoms with Gasteiger partial charge in [-0.2, -0.15) is 5.10 Å². The van der Waals surface area contributed by atoms with Gasteiger partial charge in [0.25, 0.3) is 0 Å². The summed E-state index contributed by atoms with van der Waals surface area (Å²) >= 11 is 0. The number of carbonyl (C=O) groups excluding carboxylic acids is 1. The maximum atomic E-state index is 12.4. The fraction of sp³-hybridized carbons (Fsp3) is 0.500. The highest BCUT2D eigenvalue weighted by molar-refractivity contribution is 5.74. The van der Waals surface area contributed by atoms with Crippen LogP contribution in [0.2, 0.25) is 0 Å². The Labute approximate surface area is 154 Å². The largest absolute Gasteiger partial charge is 0.371 e. The van der Waals surface area contributed by atoms with E-state index in [0.29, 0.717) is 6.54 Å². The maximum absolute atomic E-state index is 12.4. The van der Waals surface area contributed by atoms with E-state index in [2.05, 4.69) is 43.9 Å². The van der Waals surface area contributed by atoms with Crippen LogP contribution in [-0.2, 0) is 19.4 Å². The number of H-pyrrole nitrogens is 1. The second kappa shape index (κ2) is 7.81. The Kier molecular flexibility index (Phi) is 5.09. The smallest absolute Gasteiger partial charge is 0.315 e. The Balaban J connectivity index is 1.32. The van der Waals surface area contributed by atoms with Crippen LogP contribution in [0.5, 0.6) is 0 Å². The number of hydrogen-bond acceptors (Lipinski definition) is 3. The lowest BCUT2D eigenvalue weighted by Crippen LogP contribution is -2.44. The molecule has 1 saturated heterocycles. The zero-order valence-electron chi connectivity index (χ0n) is 15.1. The minimum absolute atomic E-state index is 0.0913. The first kappa shape index (κ1) is 16.9. The quantitative estimate of drug-likeness (QED) is 0.791. The van der Waals surface area contributed by atoms with E-state index in [0.717, 1.165) is 38.0 Å². The normalized spacial score (nSPS) is 19.7. The first-order valence-electron chi connectivity index (χ1n) is 9.68. The van der Waals surface area contributed by atoms with Crippen LogP contribution in [0.4, 0.5) is 10.5 Å². The molecule has 1 atom stereocenters. The molecular weight excluding hydrogens is 326 g/mol. The molecule has 1 unspecified atom stereocenters. The van der Waals surface area contributed by atoms with E-state index in [9.17, 15) is 4.79 Å². The van der Waals surface area contributed by atoms with Gasteiger partial charge in [0.05, 0.1) is 6.20 Å². The van der Waals surface area contributed by atoms with Crippen LogP contribution in [0.15, 0.2) is 30.5 Å². The van der Waals surface area contributed by atoms with E-state index in [1.165, 1.54) is 36.1 Å². The molecule has 3 N–H and O–H groups in total. The van der Waals surface area contributed by atoms with E-state index in [4.69, 9.17) is 0 Å². The second-order valence-electron chi connectivity index (χ2n) is 7.32. The van der Waals surface area contributed by atoms with Crippen molar-refractivity contribution in [2.24, 2.45) is 0 Å². The van der Waals surface area contributed by atoms with Gasteiger partial charge in [0, 0.05) is 43.5 Å². The van der Waals surface area contributed by atoms with Gasteiger partial charge in [-0.1, -0.05) is 18.2 Å². The number of aromatic nitrogens is 2. The van der Waals surface area contributed by atoms with Crippen molar-refractivity contribution >= 4 is 11.7 Å². The summed E-state index contributed by atoms with van der Waals surface area (Å²) in [6.45, 7) is 2.77. The molecule has 1 aliphatic heterocycles. The third-order valence-electron chi connectivity index (χ3n) is 5.48. The number of fused-ring (bicyclic) bond motifs is 1. The highest BCUT2D eigenvalue weighted by atomic mass is 16.2. The molecule has 2 aromatic rings. The summed E-state index contributed by atoms with van der Waals surface area (Å²) in [5.74, 6) is 0. The number of hydrogen-bond donors (Lipinski definition) is 3. The van der Waals surface area contributed by atoms with E-state index in [1.807, 2.05) is 12.3 Å². The number of aryl methyl sites for hydroxylation is 1. The second-order valence-corrected chi connectivity index (χ2v) is 7.32. The van der Waals surface area contributed by atoms with Crippen LogP contribution in [0, 0.1) is 0 Å². The van der Waals surface area contributed by atoms with Crippen molar-refractivity contribution in [3.05, 3.63) is 47.3 Å². The van der Waals surface area contributed by atoms with Crippen molar-refractivity contribution in [2.75, 3.05) is 18.0 Å². The molecule has 6 heteroatoms. The van der Waals surface area contributed by atoms with Crippen LogP contribution < -0.4 is 15.5 Å². The van der Waals surface area contributed by atoms with E-state index < -0.39 is 0 Å². The fourth-order valence-corrected chi connectivity index (χ4v) is 4.05. The van der Waals surface area contributed by atoms with Crippen LogP contribution in [0.1, 0.15) is 42.5 Å². The monoisotopic (exact) mass is 353 g/mol. The summed E-state index contributed by atoms with van der Waals surface area (Å²) in [6, 6.07) is 8.48. The Morgan fingerprint density at radius 1 is 1.23 bits per heavy atom. The average molecular weight is 353 g/mol. The van der Waals surface area contributed by atoms with Crippen molar-refractivity contribution in [1.29, 1.82) is 0 Å². The predicted molar refractivity (Wildman–Crippen MR) is 102 cm³/mol. The SMILES string of the molecule is O=C(NCc1ccccc1N1CCCCC1)NC1CCc2cn[nH]c2C1. The number of nitrogens with zero attached hydrogens (tertiary/aromatic N) is 2. The molecule has 2 heterocycles. The molecule has 6 nitrogen and oxygen atoms in total. The minimum atomic E-state index is -0.0913. The Morgan fingerprint density at radius 2 is 2.08 bits per heavy atom. The molecule has 2 aliphatic rings. The number of piperidine rings is 1.